The van der Waals surface area contributed by atoms with Crippen molar-refractivity contribution in [1.29, 1.82) is 0 Å². The van der Waals surface area contributed by atoms with Crippen LogP contribution in [0.3, 0.4) is 0 Å². The Hall–Kier alpha value is 0.250. The zero-order valence-corrected chi connectivity index (χ0v) is 11.4. The van der Waals surface area contributed by atoms with Crippen LogP contribution >= 0.6 is 12.4 Å². The molecule has 1 nitrogen and oxygen atoms in total. The Balaban J connectivity index is 0.00000128. The number of hydrogen-bond acceptors (Lipinski definition) is 1. The van der Waals surface area contributed by atoms with E-state index in [1.165, 1.54) is 77.2 Å². The largest absolute Gasteiger partial charge is 0.314 e. The quantitative estimate of drug-likeness (QED) is 0.765. The van der Waals surface area contributed by atoms with Crippen molar-refractivity contribution in [2.45, 2.75) is 76.7 Å². The maximum absolute atomic E-state index is 3.70. The molecule has 1 saturated carbocycles. The van der Waals surface area contributed by atoms with Crippen LogP contribution in [0.1, 0.15) is 70.6 Å². The topological polar surface area (TPSA) is 12.0 Å². The van der Waals surface area contributed by atoms with E-state index in [1.54, 1.807) is 0 Å². The smallest absolute Gasteiger partial charge is 0.00697 e. The van der Waals surface area contributed by atoms with Gasteiger partial charge in [-0.05, 0) is 31.7 Å². The van der Waals surface area contributed by atoms with Gasteiger partial charge in [0.2, 0.25) is 0 Å². The first kappa shape index (κ1) is 14.3. The fourth-order valence-electron chi connectivity index (χ4n) is 3.30. The molecular weight excluding hydrogens is 218 g/mol. The first-order valence-electron chi connectivity index (χ1n) is 7.18. The van der Waals surface area contributed by atoms with E-state index in [2.05, 4.69) is 5.32 Å². The molecular formula is C14H28ClN. The number of halogens is 1. The number of rotatable bonds is 2. The Kier molecular flexibility index (Phi) is 7.47. The van der Waals surface area contributed by atoms with E-state index in [9.17, 15) is 0 Å². The average Bonchev–Trinajstić information content (AvgIpc) is 2.23. The van der Waals surface area contributed by atoms with Gasteiger partial charge in [0.05, 0.1) is 0 Å². The van der Waals surface area contributed by atoms with Crippen LogP contribution in [0.15, 0.2) is 0 Å². The molecule has 1 saturated heterocycles. The fraction of sp³-hybridized carbons (Fsp3) is 1.00. The van der Waals surface area contributed by atoms with Gasteiger partial charge in [-0.1, -0.05) is 51.4 Å². The van der Waals surface area contributed by atoms with Gasteiger partial charge < -0.3 is 5.32 Å². The lowest BCUT2D eigenvalue weighted by atomic mass is 9.85. The summed E-state index contributed by atoms with van der Waals surface area (Å²) in [5, 5.41) is 3.70. The maximum atomic E-state index is 3.70. The van der Waals surface area contributed by atoms with Gasteiger partial charge in [-0.15, -0.1) is 12.4 Å². The van der Waals surface area contributed by atoms with Gasteiger partial charge in [0.1, 0.15) is 0 Å². The molecule has 1 atom stereocenters. The summed E-state index contributed by atoms with van der Waals surface area (Å²) in [6.45, 7) is 1.28. The van der Waals surface area contributed by atoms with Gasteiger partial charge in [0.25, 0.3) is 0 Å². The lowest BCUT2D eigenvalue weighted by molar-refractivity contribution is 0.285. The second-order valence-corrected chi connectivity index (χ2v) is 5.59. The van der Waals surface area contributed by atoms with E-state index in [4.69, 9.17) is 0 Å². The van der Waals surface area contributed by atoms with Gasteiger partial charge in [-0.2, -0.15) is 0 Å². The van der Waals surface area contributed by atoms with Gasteiger partial charge >= 0.3 is 0 Å². The summed E-state index contributed by atoms with van der Waals surface area (Å²) in [6, 6.07) is 0.864. The lowest BCUT2D eigenvalue weighted by Gasteiger charge is -2.28. The van der Waals surface area contributed by atoms with Crippen LogP contribution in [-0.4, -0.2) is 12.6 Å². The van der Waals surface area contributed by atoms with E-state index in [1.807, 2.05) is 0 Å². The Morgan fingerprint density at radius 3 is 2.00 bits per heavy atom. The van der Waals surface area contributed by atoms with Crippen LogP contribution < -0.4 is 5.32 Å². The molecule has 0 spiro atoms. The second-order valence-electron chi connectivity index (χ2n) is 5.59. The van der Waals surface area contributed by atoms with Gasteiger partial charge in [0, 0.05) is 6.04 Å². The summed E-state index contributed by atoms with van der Waals surface area (Å²) in [5.74, 6) is 1.04. The number of nitrogens with one attached hydrogen (secondary N) is 1. The first-order chi connectivity index (χ1) is 7.45. The zero-order valence-electron chi connectivity index (χ0n) is 10.5. The summed E-state index contributed by atoms with van der Waals surface area (Å²) in [7, 11) is 0. The third-order valence-electron chi connectivity index (χ3n) is 4.25. The predicted molar refractivity (Wildman–Crippen MR) is 73.3 cm³/mol. The second kappa shape index (κ2) is 8.36. The molecule has 1 aliphatic heterocycles. The van der Waals surface area contributed by atoms with E-state index in [-0.39, 0.29) is 12.4 Å². The van der Waals surface area contributed by atoms with Crippen LogP contribution in [-0.2, 0) is 0 Å². The van der Waals surface area contributed by atoms with Gasteiger partial charge in [-0.25, -0.2) is 0 Å². The van der Waals surface area contributed by atoms with Crippen molar-refractivity contribution in [2.24, 2.45) is 5.92 Å². The van der Waals surface area contributed by atoms with Gasteiger partial charge in [-0.3, -0.25) is 0 Å². The summed E-state index contributed by atoms with van der Waals surface area (Å²) in [5.41, 5.74) is 0. The first-order valence-corrected chi connectivity index (χ1v) is 7.18. The van der Waals surface area contributed by atoms with Crippen molar-refractivity contribution in [1.82, 2.24) is 5.32 Å². The minimum atomic E-state index is 0. The minimum Gasteiger partial charge on any atom is -0.314 e. The summed E-state index contributed by atoms with van der Waals surface area (Å²) in [6.07, 6.45) is 16.3. The molecule has 1 heterocycles. The normalized spacial score (nSPS) is 28.9. The van der Waals surface area contributed by atoms with Crippen molar-refractivity contribution < 1.29 is 0 Å². The van der Waals surface area contributed by atoms with Crippen LogP contribution in [0.2, 0.25) is 0 Å². The molecule has 16 heavy (non-hydrogen) atoms. The molecule has 1 aliphatic carbocycles. The number of piperidine rings is 1. The third kappa shape index (κ3) is 5.05. The van der Waals surface area contributed by atoms with Crippen molar-refractivity contribution in [3.8, 4) is 0 Å². The highest BCUT2D eigenvalue weighted by Crippen LogP contribution is 2.27. The zero-order chi connectivity index (χ0) is 10.3. The summed E-state index contributed by atoms with van der Waals surface area (Å²) in [4.78, 5) is 0. The van der Waals surface area contributed by atoms with Crippen LogP contribution in [0.5, 0.6) is 0 Å². The molecule has 0 aromatic rings. The Morgan fingerprint density at radius 2 is 1.38 bits per heavy atom. The molecule has 96 valence electrons. The van der Waals surface area contributed by atoms with Crippen molar-refractivity contribution >= 4 is 12.4 Å². The molecule has 2 rings (SSSR count). The molecule has 0 radical (unpaired) electrons. The monoisotopic (exact) mass is 245 g/mol. The van der Waals surface area contributed by atoms with Crippen molar-refractivity contribution in [2.75, 3.05) is 6.54 Å². The highest BCUT2D eigenvalue weighted by Gasteiger charge is 2.18. The van der Waals surface area contributed by atoms with E-state index < -0.39 is 0 Å². The van der Waals surface area contributed by atoms with Crippen LogP contribution in [0, 0.1) is 5.92 Å². The molecule has 0 amide bonds. The Labute approximate surface area is 107 Å². The standard InChI is InChI=1S/C14H27N.ClH/c1-2-4-8-13(9-5-3-1)12-14-10-6-7-11-15-14;/h13-15H,1-12H2;1H. The molecule has 2 fully saturated rings. The molecule has 0 aromatic carbocycles. The molecule has 1 unspecified atom stereocenters. The summed E-state index contributed by atoms with van der Waals surface area (Å²) < 4.78 is 0. The highest BCUT2D eigenvalue weighted by atomic mass is 35.5. The van der Waals surface area contributed by atoms with E-state index in [0.717, 1.165) is 12.0 Å². The number of hydrogen-bond donors (Lipinski definition) is 1. The predicted octanol–water partition coefficient (Wildman–Crippen LogP) is 4.30. The van der Waals surface area contributed by atoms with Crippen LogP contribution in [0.4, 0.5) is 0 Å². The summed E-state index contributed by atoms with van der Waals surface area (Å²) >= 11 is 0. The molecule has 2 heteroatoms. The molecule has 1 N–H and O–H groups in total. The molecule has 2 aliphatic rings. The lowest BCUT2D eigenvalue weighted by Crippen LogP contribution is -2.35. The van der Waals surface area contributed by atoms with E-state index in [0.29, 0.717) is 0 Å². The Morgan fingerprint density at radius 1 is 0.750 bits per heavy atom. The Bertz CT molecular complexity index is 158. The fourth-order valence-corrected chi connectivity index (χ4v) is 3.30. The van der Waals surface area contributed by atoms with Crippen molar-refractivity contribution in [3.05, 3.63) is 0 Å². The van der Waals surface area contributed by atoms with Gasteiger partial charge in [0.15, 0.2) is 0 Å². The maximum Gasteiger partial charge on any atom is 0.00697 e. The van der Waals surface area contributed by atoms with E-state index >= 15 is 0 Å². The molecule has 0 bridgehead atoms. The average molecular weight is 246 g/mol. The third-order valence-corrected chi connectivity index (χ3v) is 4.25. The SMILES string of the molecule is C1CCCC(CC2CCCCN2)CCC1.Cl. The van der Waals surface area contributed by atoms with Crippen molar-refractivity contribution in [3.63, 3.8) is 0 Å². The molecule has 0 aromatic heterocycles. The minimum absolute atomic E-state index is 0. The van der Waals surface area contributed by atoms with Crippen LogP contribution in [0.25, 0.3) is 0 Å². The highest BCUT2D eigenvalue weighted by molar-refractivity contribution is 5.85.